The SMILES string of the molecule is CC(C)(C)OC(=O)CC(C(=O)OC(C)(C)C)N(CCOCCS(=O)(=O)Nc1cccc([C@@H](CC(=O)OC(C)(C)C)c2ccccn2)c1[N+](=O)[O-])S(=O)(=O)c1ccccc1[N+](=O)[O-]. The van der Waals surface area contributed by atoms with E-state index in [1.165, 1.54) is 51.2 Å². The minimum Gasteiger partial charge on any atom is -0.460 e. The number of hydrogen-bond donors (Lipinski definition) is 1. The van der Waals surface area contributed by atoms with Gasteiger partial charge in [-0.2, -0.15) is 4.31 Å². The lowest BCUT2D eigenvalue weighted by Gasteiger charge is -2.32. The number of para-hydroxylation sites is 2. The fourth-order valence-corrected chi connectivity index (χ4v) is 8.55. The van der Waals surface area contributed by atoms with Crippen molar-refractivity contribution in [2.24, 2.45) is 0 Å². The number of rotatable bonds is 20. The summed E-state index contributed by atoms with van der Waals surface area (Å²) in [7, 11) is -9.45. The van der Waals surface area contributed by atoms with Gasteiger partial charge in [-0.1, -0.05) is 30.3 Å². The van der Waals surface area contributed by atoms with Crippen LogP contribution in [0.15, 0.2) is 71.8 Å². The van der Waals surface area contributed by atoms with Gasteiger partial charge in [0.1, 0.15) is 28.5 Å². The summed E-state index contributed by atoms with van der Waals surface area (Å²) in [5, 5.41) is 24.5. The van der Waals surface area contributed by atoms with Gasteiger partial charge in [-0.3, -0.25) is 44.3 Å². The topological polar surface area (TPSA) is 271 Å². The van der Waals surface area contributed by atoms with Gasteiger partial charge in [-0.15, -0.1) is 0 Å². The van der Waals surface area contributed by atoms with Crippen molar-refractivity contribution in [3.63, 3.8) is 0 Å². The largest absolute Gasteiger partial charge is 0.460 e. The molecule has 3 aromatic rings. The lowest BCUT2D eigenvalue weighted by Crippen LogP contribution is -2.50. The van der Waals surface area contributed by atoms with Crippen molar-refractivity contribution in [2.45, 2.75) is 109 Å². The maximum Gasteiger partial charge on any atom is 0.325 e. The molecule has 2 atom stereocenters. The molecular formula is C40H53N5O15S2. The highest BCUT2D eigenvalue weighted by Gasteiger charge is 2.43. The van der Waals surface area contributed by atoms with Crippen LogP contribution < -0.4 is 4.72 Å². The van der Waals surface area contributed by atoms with Crippen molar-refractivity contribution in [1.82, 2.24) is 9.29 Å². The quantitative estimate of drug-likeness (QED) is 0.0471. The van der Waals surface area contributed by atoms with Crippen molar-refractivity contribution >= 4 is 55.0 Å². The van der Waals surface area contributed by atoms with Gasteiger partial charge in [-0.05, 0) is 86.6 Å². The maximum absolute atomic E-state index is 14.3. The van der Waals surface area contributed by atoms with Crippen LogP contribution in [-0.4, -0.2) is 102 Å². The van der Waals surface area contributed by atoms with E-state index in [1.54, 1.807) is 59.7 Å². The number of aromatic nitrogens is 1. The van der Waals surface area contributed by atoms with E-state index in [2.05, 4.69) is 9.71 Å². The molecule has 0 aliphatic heterocycles. The van der Waals surface area contributed by atoms with Crippen LogP contribution in [0, 0.1) is 20.2 Å². The molecule has 1 heterocycles. The molecule has 340 valence electrons. The smallest absolute Gasteiger partial charge is 0.325 e. The molecule has 0 aliphatic carbocycles. The number of benzene rings is 2. The summed E-state index contributed by atoms with van der Waals surface area (Å²) in [5.74, 6) is -4.70. The normalized spacial score (nSPS) is 13.5. The van der Waals surface area contributed by atoms with Crippen LogP contribution in [0.5, 0.6) is 0 Å². The van der Waals surface area contributed by atoms with E-state index in [9.17, 15) is 51.4 Å². The van der Waals surface area contributed by atoms with Gasteiger partial charge in [0.2, 0.25) is 10.0 Å². The first-order valence-electron chi connectivity index (χ1n) is 19.2. The van der Waals surface area contributed by atoms with E-state index in [4.69, 9.17) is 18.9 Å². The summed E-state index contributed by atoms with van der Waals surface area (Å²) < 4.78 is 79.8. The molecule has 20 nitrogen and oxygen atoms in total. The minimum absolute atomic E-state index is 0.0260. The molecular weight excluding hydrogens is 855 g/mol. The molecule has 0 saturated heterocycles. The van der Waals surface area contributed by atoms with Gasteiger partial charge in [0.05, 0.1) is 41.7 Å². The molecule has 0 fully saturated rings. The Bertz CT molecular complexity index is 2320. The number of esters is 3. The van der Waals surface area contributed by atoms with Crippen LogP contribution in [-0.2, 0) is 53.4 Å². The Hall–Kier alpha value is -5.58. The Balaban J connectivity index is 1.93. The second-order valence-electron chi connectivity index (χ2n) is 16.8. The number of nitro benzene ring substituents is 2. The van der Waals surface area contributed by atoms with Crippen molar-refractivity contribution in [2.75, 3.05) is 30.2 Å². The van der Waals surface area contributed by atoms with Gasteiger partial charge in [0.25, 0.3) is 21.4 Å². The van der Waals surface area contributed by atoms with Crippen molar-refractivity contribution in [1.29, 1.82) is 0 Å². The summed E-state index contributed by atoms with van der Waals surface area (Å²) in [6.45, 7) is 12.1. The van der Waals surface area contributed by atoms with Crippen molar-refractivity contribution in [3.8, 4) is 0 Å². The Morgan fingerprint density at radius 1 is 0.742 bits per heavy atom. The second kappa shape index (κ2) is 20.5. The highest BCUT2D eigenvalue weighted by molar-refractivity contribution is 7.92. The second-order valence-corrected chi connectivity index (χ2v) is 20.5. The summed E-state index contributed by atoms with van der Waals surface area (Å²) >= 11 is 0. The lowest BCUT2D eigenvalue weighted by atomic mass is 9.90. The van der Waals surface area contributed by atoms with Gasteiger partial charge < -0.3 is 18.9 Å². The number of carbonyl (C=O) groups is 3. The zero-order valence-corrected chi connectivity index (χ0v) is 37.6. The van der Waals surface area contributed by atoms with Crippen LogP contribution in [0.4, 0.5) is 17.1 Å². The first kappa shape index (κ1) is 50.8. The number of anilines is 1. The summed E-state index contributed by atoms with van der Waals surface area (Å²) in [5.41, 5.74) is -4.75. The Morgan fingerprint density at radius 2 is 1.32 bits per heavy atom. The van der Waals surface area contributed by atoms with Gasteiger partial charge in [0, 0.05) is 36.0 Å². The van der Waals surface area contributed by atoms with E-state index in [0.29, 0.717) is 4.31 Å². The number of nitrogens with zero attached hydrogens (tertiary/aromatic N) is 4. The molecule has 0 spiro atoms. The molecule has 0 aliphatic rings. The molecule has 0 radical (unpaired) electrons. The highest BCUT2D eigenvalue weighted by atomic mass is 32.2. The van der Waals surface area contributed by atoms with Crippen LogP contribution >= 0.6 is 0 Å². The summed E-state index contributed by atoms with van der Waals surface area (Å²) in [4.78, 5) is 65.9. The third kappa shape index (κ3) is 15.4. The number of carbonyl (C=O) groups excluding carboxylic acids is 3. The van der Waals surface area contributed by atoms with Crippen LogP contribution in [0.2, 0.25) is 0 Å². The van der Waals surface area contributed by atoms with Gasteiger partial charge in [-0.25, -0.2) is 16.8 Å². The average molecular weight is 908 g/mol. The Labute approximate surface area is 360 Å². The third-order valence-corrected chi connectivity index (χ3v) is 11.3. The maximum atomic E-state index is 14.3. The zero-order chi connectivity index (χ0) is 46.8. The zero-order valence-electron chi connectivity index (χ0n) is 36.0. The van der Waals surface area contributed by atoms with E-state index in [0.717, 1.165) is 18.2 Å². The molecule has 1 unspecified atom stereocenters. The Kier molecular flexibility index (Phi) is 16.8. The monoisotopic (exact) mass is 907 g/mol. The van der Waals surface area contributed by atoms with Crippen LogP contribution in [0.1, 0.15) is 92.3 Å². The first-order chi connectivity index (χ1) is 28.5. The highest BCUT2D eigenvalue weighted by Crippen LogP contribution is 2.39. The molecule has 2 aromatic carbocycles. The number of pyridine rings is 1. The van der Waals surface area contributed by atoms with E-state index >= 15 is 0 Å². The number of nitro groups is 2. The number of ether oxygens (including phenoxy) is 4. The van der Waals surface area contributed by atoms with Crippen molar-refractivity contribution < 1.29 is 60.0 Å². The minimum atomic E-state index is -5.01. The van der Waals surface area contributed by atoms with Crippen LogP contribution in [0.25, 0.3) is 0 Å². The molecule has 0 amide bonds. The van der Waals surface area contributed by atoms with Gasteiger partial charge in [0.15, 0.2) is 4.90 Å². The Morgan fingerprint density at radius 3 is 1.87 bits per heavy atom. The number of hydrogen-bond acceptors (Lipinski definition) is 16. The fourth-order valence-electron chi connectivity index (χ4n) is 5.89. The fraction of sp³-hybridized carbons (Fsp3) is 0.500. The number of sulfonamides is 2. The van der Waals surface area contributed by atoms with E-state index in [-0.39, 0.29) is 17.7 Å². The molecule has 0 bridgehead atoms. The van der Waals surface area contributed by atoms with Crippen LogP contribution in [0.3, 0.4) is 0 Å². The summed E-state index contributed by atoms with van der Waals surface area (Å²) in [6, 6.07) is 11.1. The van der Waals surface area contributed by atoms with Gasteiger partial charge >= 0.3 is 17.9 Å². The number of nitrogens with one attached hydrogen (secondary N) is 1. The average Bonchev–Trinajstić information content (AvgIpc) is 3.12. The molecule has 3 rings (SSSR count). The predicted molar refractivity (Wildman–Crippen MR) is 225 cm³/mol. The standard InChI is InChI=1S/C40H53N5O15S2/c1-38(2,3)58-34(46)25-28(29-16-12-13-20-41-29)27-15-14-17-30(36(27)45(51)52)42-61(53,54)24-23-57-22-21-43(62(55,56)33-19-11-10-18-31(33)44(49)50)32(37(48)60-40(7,8)9)26-35(47)59-39(4,5)6/h10-20,28,32,42H,21-26H2,1-9H3/t28-,32?/m1/s1. The predicted octanol–water partition coefficient (Wildman–Crippen LogP) is 5.65. The van der Waals surface area contributed by atoms with E-state index < -0.39 is 130 Å². The molecule has 1 aromatic heterocycles. The summed E-state index contributed by atoms with van der Waals surface area (Å²) in [6.07, 6.45) is 0.200. The molecule has 1 N–H and O–H groups in total. The third-order valence-electron chi connectivity index (χ3n) is 8.13. The molecule has 62 heavy (non-hydrogen) atoms. The first-order valence-corrected chi connectivity index (χ1v) is 22.3. The molecule has 0 saturated carbocycles. The molecule has 22 heteroatoms. The lowest BCUT2D eigenvalue weighted by molar-refractivity contribution is -0.387. The van der Waals surface area contributed by atoms with Crippen molar-refractivity contribution in [3.05, 3.63) is 98.3 Å². The van der Waals surface area contributed by atoms with E-state index in [1.807, 2.05) is 0 Å².